The van der Waals surface area contributed by atoms with E-state index in [1.165, 1.54) is 0 Å². The van der Waals surface area contributed by atoms with Gasteiger partial charge in [0, 0.05) is 0 Å². The Balaban J connectivity index is 0.00000144. The second-order valence-electron chi connectivity index (χ2n) is 2.07. The molecule has 1 saturated heterocycles. The predicted molar refractivity (Wildman–Crippen MR) is 43.3 cm³/mol. The van der Waals surface area contributed by atoms with Crippen molar-refractivity contribution >= 4 is 29.2 Å². The smallest absolute Gasteiger partial charge is 0.472 e. The number of hydrogen-bond acceptors (Lipinski definition) is 7. The minimum atomic E-state index is -2.07. The highest BCUT2D eigenvalue weighted by molar-refractivity contribution is 6.92. The summed E-state index contributed by atoms with van der Waals surface area (Å²) >= 11 is 0. The highest BCUT2D eigenvalue weighted by atomic mass is 31.0. The second-order valence-corrected chi connectivity index (χ2v) is 2.07. The van der Waals surface area contributed by atoms with Gasteiger partial charge in [0.2, 0.25) is 0 Å². The standard InChI is InChI=1S/C4H5BO7.H3P/c6-1-2(7)4(9)12-5(10)11-3(1)8;/h1-2,6-7,10H;1H3. The number of carbonyl (C=O) groups is 2. The van der Waals surface area contributed by atoms with Crippen molar-refractivity contribution in [2.45, 2.75) is 12.2 Å². The van der Waals surface area contributed by atoms with Crippen LogP contribution in [0.1, 0.15) is 0 Å². The molecule has 74 valence electrons. The maximum atomic E-state index is 10.6. The third kappa shape index (κ3) is 2.63. The number of carbonyl (C=O) groups excluding carboxylic acids is 2. The number of hydrogen-bond donors (Lipinski definition) is 3. The summed E-state index contributed by atoms with van der Waals surface area (Å²) in [5.41, 5.74) is 0. The minimum Gasteiger partial charge on any atom is -0.472 e. The largest absolute Gasteiger partial charge is 0.789 e. The van der Waals surface area contributed by atoms with Crippen LogP contribution in [0, 0.1) is 0 Å². The first kappa shape index (κ1) is 12.3. The number of aliphatic hydroxyl groups excluding tert-OH is 2. The molecule has 9 heteroatoms. The Morgan fingerprint density at radius 3 is 1.69 bits per heavy atom. The highest BCUT2D eigenvalue weighted by Crippen LogP contribution is 2.06. The molecular weight excluding hydrogens is 202 g/mol. The molecule has 0 radical (unpaired) electrons. The molecule has 0 bridgehead atoms. The molecule has 0 amide bonds. The van der Waals surface area contributed by atoms with Crippen molar-refractivity contribution in [3.05, 3.63) is 0 Å². The van der Waals surface area contributed by atoms with Crippen molar-refractivity contribution in [3.63, 3.8) is 0 Å². The molecule has 3 atom stereocenters. The van der Waals surface area contributed by atoms with E-state index in [2.05, 4.69) is 9.31 Å². The Bertz CT molecular complexity index is 199. The van der Waals surface area contributed by atoms with Gasteiger partial charge in [-0.2, -0.15) is 9.90 Å². The van der Waals surface area contributed by atoms with Crippen molar-refractivity contribution in [1.82, 2.24) is 0 Å². The van der Waals surface area contributed by atoms with Crippen molar-refractivity contribution in [3.8, 4) is 0 Å². The lowest BCUT2D eigenvalue weighted by Gasteiger charge is -2.07. The Morgan fingerprint density at radius 1 is 1.08 bits per heavy atom. The molecule has 0 aromatic rings. The van der Waals surface area contributed by atoms with Crippen LogP contribution >= 0.6 is 9.90 Å². The third-order valence-corrected chi connectivity index (χ3v) is 1.22. The zero-order valence-electron chi connectivity index (χ0n) is 6.41. The first-order valence-electron chi connectivity index (χ1n) is 2.97. The average Bonchev–Trinajstić information content (AvgIpc) is 2.05. The Hall–Kier alpha value is -0.685. The number of rotatable bonds is 0. The average molecular weight is 210 g/mol. The van der Waals surface area contributed by atoms with Crippen LogP contribution in [0.4, 0.5) is 0 Å². The quantitative estimate of drug-likeness (QED) is 0.285. The van der Waals surface area contributed by atoms with E-state index in [9.17, 15) is 9.59 Å². The Kier molecular flexibility index (Phi) is 4.28. The molecule has 0 saturated carbocycles. The van der Waals surface area contributed by atoms with Crippen LogP contribution in [0.15, 0.2) is 0 Å². The summed E-state index contributed by atoms with van der Waals surface area (Å²) in [6.45, 7) is 0. The summed E-state index contributed by atoms with van der Waals surface area (Å²) in [4.78, 5) is 21.1. The lowest BCUT2D eigenvalue weighted by Crippen LogP contribution is -2.38. The summed E-state index contributed by atoms with van der Waals surface area (Å²) in [5, 5.41) is 26.1. The first-order chi connectivity index (χ1) is 5.52. The second kappa shape index (κ2) is 4.52. The van der Waals surface area contributed by atoms with E-state index in [1.807, 2.05) is 0 Å². The lowest BCUT2D eigenvalue weighted by molar-refractivity contribution is -0.156. The highest BCUT2D eigenvalue weighted by Gasteiger charge is 2.42. The van der Waals surface area contributed by atoms with Crippen molar-refractivity contribution < 1.29 is 34.1 Å². The third-order valence-electron chi connectivity index (χ3n) is 1.22. The van der Waals surface area contributed by atoms with E-state index in [4.69, 9.17) is 15.2 Å². The topological polar surface area (TPSA) is 113 Å². The van der Waals surface area contributed by atoms with Gasteiger partial charge in [0.1, 0.15) is 0 Å². The van der Waals surface area contributed by atoms with Gasteiger partial charge >= 0.3 is 19.3 Å². The fourth-order valence-corrected chi connectivity index (χ4v) is 0.620. The molecule has 0 aromatic heterocycles. The lowest BCUT2D eigenvalue weighted by atomic mass is 10.2. The maximum Gasteiger partial charge on any atom is 0.789 e. The predicted octanol–water partition coefficient (Wildman–Crippen LogP) is -3.16. The molecule has 1 heterocycles. The molecule has 3 N–H and O–H groups in total. The van der Waals surface area contributed by atoms with Crippen LogP contribution in [0.2, 0.25) is 0 Å². The monoisotopic (exact) mass is 210 g/mol. The molecule has 1 rings (SSSR count). The van der Waals surface area contributed by atoms with Crippen molar-refractivity contribution in [1.29, 1.82) is 0 Å². The summed E-state index contributed by atoms with van der Waals surface area (Å²) in [6, 6.07) is 0. The van der Waals surface area contributed by atoms with Crippen LogP contribution in [-0.4, -0.2) is 46.7 Å². The fourth-order valence-electron chi connectivity index (χ4n) is 0.620. The van der Waals surface area contributed by atoms with Crippen molar-refractivity contribution in [2.24, 2.45) is 0 Å². The van der Waals surface area contributed by atoms with Crippen LogP contribution in [0.5, 0.6) is 0 Å². The Morgan fingerprint density at radius 2 is 1.38 bits per heavy atom. The normalized spacial score (nSPS) is 28.4. The SMILES string of the molecule is O=C1OB(O)OC(=O)C(O)C1O.P. The van der Waals surface area contributed by atoms with Gasteiger partial charge in [0.25, 0.3) is 0 Å². The zero-order valence-corrected chi connectivity index (χ0v) is 7.83. The van der Waals surface area contributed by atoms with E-state index in [0.717, 1.165) is 0 Å². The molecule has 7 nitrogen and oxygen atoms in total. The van der Waals surface area contributed by atoms with E-state index in [-0.39, 0.29) is 9.90 Å². The molecule has 0 aromatic carbocycles. The van der Waals surface area contributed by atoms with Crippen molar-refractivity contribution in [2.75, 3.05) is 0 Å². The van der Waals surface area contributed by atoms with Crippen LogP contribution in [-0.2, 0) is 18.9 Å². The Labute approximate surface area is 76.4 Å². The van der Waals surface area contributed by atoms with E-state index in [1.54, 1.807) is 0 Å². The van der Waals surface area contributed by atoms with Gasteiger partial charge in [-0.1, -0.05) is 0 Å². The summed E-state index contributed by atoms with van der Waals surface area (Å²) in [5.74, 6) is -2.64. The van der Waals surface area contributed by atoms with E-state index in [0.29, 0.717) is 0 Å². The van der Waals surface area contributed by atoms with Gasteiger partial charge in [0.15, 0.2) is 12.2 Å². The molecule has 1 aliphatic rings. The molecule has 3 unspecified atom stereocenters. The van der Waals surface area contributed by atoms with Crippen LogP contribution in [0.3, 0.4) is 0 Å². The van der Waals surface area contributed by atoms with Gasteiger partial charge in [0.05, 0.1) is 0 Å². The maximum absolute atomic E-state index is 10.6. The van der Waals surface area contributed by atoms with E-state index < -0.39 is 31.5 Å². The number of aliphatic hydroxyl groups is 2. The van der Waals surface area contributed by atoms with Gasteiger partial charge in [-0.3, -0.25) is 9.59 Å². The molecule has 13 heavy (non-hydrogen) atoms. The summed E-state index contributed by atoms with van der Waals surface area (Å²) < 4.78 is 7.86. The molecular formula is C4H8BO7P. The first-order valence-corrected chi connectivity index (χ1v) is 2.97. The molecule has 1 aliphatic heterocycles. The van der Waals surface area contributed by atoms with Gasteiger partial charge in [-0.25, -0.2) is 0 Å². The zero-order chi connectivity index (χ0) is 9.30. The molecule has 0 aliphatic carbocycles. The fraction of sp³-hybridized carbons (Fsp3) is 0.500. The van der Waals surface area contributed by atoms with E-state index >= 15 is 0 Å². The summed E-state index contributed by atoms with van der Waals surface area (Å²) in [6.07, 6.45) is -4.04. The van der Waals surface area contributed by atoms with Crippen LogP contribution in [0.25, 0.3) is 0 Å². The summed E-state index contributed by atoms with van der Waals surface area (Å²) in [7, 11) is -2.07. The van der Waals surface area contributed by atoms with Gasteiger partial charge < -0.3 is 24.5 Å². The molecule has 1 fully saturated rings. The van der Waals surface area contributed by atoms with Gasteiger partial charge in [-0.05, 0) is 0 Å². The minimum absolute atomic E-state index is 0. The van der Waals surface area contributed by atoms with Gasteiger partial charge in [-0.15, -0.1) is 0 Å². The van der Waals surface area contributed by atoms with Crippen LogP contribution < -0.4 is 0 Å². The molecule has 0 spiro atoms.